The van der Waals surface area contributed by atoms with Gasteiger partial charge in [0.2, 0.25) is 5.90 Å². The van der Waals surface area contributed by atoms with Crippen LogP contribution in [-0.2, 0) is 4.74 Å². The summed E-state index contributed by atoms with van der Waals surface area (Å²) in [4.78, 5) is 6.76. The maximum atomic E-state index is 12.5. The van der Waals surface area contributed by atoms with Crippen LogP contribution in [0.5, 0.6) is 11.5 Å². The van der Waals surface area contributed by atoms with E-state index in [0.29, 0.717) is 29.7 Å². The molecular weight excluding hydrogens is 397 g/mol. The van der Waals surface area contributed by atoms with Crippen molar-refractivity contribution in [1.29, 1.82) is 0 Å². The van der Waals surface area contributed by atoms with E-state index in [4.69, 9.17) is 9.47 Å². The molecular formula is C19H26ClF3N2O3. The van der Waals surface area contributed by atoms with E-state index in [2.05, 4.69) is 28.5 Å². The van der Waals surface area contributed by atoms with Gasteiger partial charge in [-0.25, -0.2) is 4.99 Å². The minimum absolute atomic E-state index is 0. The molecule has 0 saturated carbocycles. The van der Waals surface area contributed by atoms with E-state index in [1.807, 2.05) is 6.92 Å². The Hall–Kier alpha value is -2.09. The van der Waals surface area contributed by atoms with Crippen molar-refractivity contribution in [3.63, 3.8) is 0 Å². The van der Waals surface area contributed by atoms with E-state index >= 15 is 0 Å². The van der Waals surface area contributed by atoms with E-state index in [1.54, 1.807) is 7.11 Å². The summed E-state index contributed by atoms with van der Waals surface area (Å²) >= 11 is 0. The van der Waals surface area contributed by atoms with Crippen molar-refractivity contribution >= 4 is 24.0 Å². The van der Waals surface area contributed by atoms with Gasteiger partial charge in [0, 0.05) is 23.4 Å². The Labute approximate surface area is 169 Å². The van der Waals surface area contributed by atoms with Crippen LogP contribution in [0.2, 0.25) is 0 Å². The van der Waals surface area contributed by atoms with E-state index < -0.39 is 6.36 Å². The highest BCUT2D eigenvalue weighted by molar-refractivity contribution is 5.89. The van der Waals surface area contributed by atoms with Crippen molar-refractivity contribution in [1.82, 2.24) is 4.90 Å². The Balaban J connectivity index is 0.00000392. The molecule has 0 fully saturated rings. The van der Waals surface area contributed by atoms with Crippen LogP contribution in [0, 0.1) is 0 Å². The van der Waals surface area contributed by atoms with E-state index in [9.17, 15) is 13.2 Å². The van der Waals surface area contributed by atoms with Gasteiger partial charge in [-0.2, -0.15) is 0 Å². The molecule has 9 heteroatoms. The summed E-state index contributed by atoms with van der Waals surface area (Å²) in [6.45, 7) is 6.73. The zero-order valence-electron chi connectivity index (χ0n) is 16.6. The molecule has 1 aliphatic rings. The monoisotopic (exact) mass is 422 g/mol. The van der Waals surface area contributed by atoms with Crippen LogP contribution < -0.4 is 9.47 Å². The lowest BCUT2D eigenvalue weighted by Gasteiger charge is -2.36. The minimum atomic E-state index is -4.76. The van der Waals surface area contributed by atoms with Crippen LogP contribution in [0.4, 0.5) is 13.2 Å². The first-order chi connectivity index (χ1) is 12.7. The molecule has 5 nitrogen and oxygen atoms in total. The number of methoxy groups -OCH3 is 2. The van der Waals surface area contributed by atoms with Crippen LogP contribution >= 0.6 is 12.4 Å². The Morgan fingerprint density at radius 2 is 1.79 bits per heavy atom. The number of ether oxygens (including phenoxy) is 3. The number of nitrogens with zero attached hydrogens (tertiary/aromatic N) is 2. The number of hydrogen-bond donors (Lipinski definition) is 0. The Morgan fingerprint density at radius 3 is 2.29 bits per heavy atom. The predicted molar refractivity (Wildman–Crippen MR) is 105 cm³/mol. The highest BCUT2D eigenvalue weighted by Crippen LogP contribution is 2.37. The number of aliphatic imine (C=N–C) groups is 1. The summed E-state index contributed by atoms with van der Waals surface area (Å²) in [6, 6.07) is 4.29. The van der Waals surface area contributed by atoms with Crippen LogP contribution in [-0.4, -0.2) is 44.0 Å². The van der Waals surface area contributed by atoms with Crippen molar-refractivity contribution in [2.75, 3.05) is 20.8 Å². The molecule has 0 spiro atoms. The number of rotatable bonds is 6. The average Bonchev–Trinajstić information content (AvgIpc) is 2.62. The normalized spacial score (nSPS) is 14.6. The molecule has 0 aliphatic carbocycles. The van der Waals surface area contributed by atoms with Crippen LogP contribution in [0.25, 0.3) is 5.70 Å². The van der Waals surface area contributed by atoms with Crippen molar-refractivity contribution < 1.29 is 27.4 Å². The molecule has 158 valence electrons. The van der Waals surface area contributed by atoms with Crippen molar-refractivity contribution in [3.05, 3.63) is 29.5 Å². The van der Waals surface area contributed by atoms with Gasteiger partial charge in [0.25, 0.3) is 0 Å². The van der Waals surface area contributed by atoms with Crippen LogP contribution in [0.15, 0.2) is 28.9 Å². The summed E-state index contributed by atoms with van der Waals surface area (Å²) < 4.78 is 52.2. The lowest BCUT2D eigenvalue weighted by atomic mass is 10.0. The third kappa shape index (κ3) is 5.47. The third-order valence-electron chi connectivity index (χ3n) is 4.60. The topological polar surface area (TPSA) is 43.3 Å². The zero-order chi connectivity index (χ0) is 20.2. The Morgan fingerprint density at radius 1 is 1.14 bits per heavy atom. The fourth-order valence-electron chi connectivity index (χ4n) is 3.20. The first kappa shape index (κ1) is 23.9. The second-order valence-electron chi connectivity index (χ2n) is 6.15. The smallest absolute Gasteiger partial charge is 0.496 e. The molecule has 1 aromatic carbocycles. The van der Waals surface area contributed by atoms with Crippen LogP contribution in [0.3, 0.4) is 0 Å². The molecule has 0 aromatic heterocycles. The molecule has 0 amide bonds. The van der Waals surface area contributed by atoms with Gasteiger partial charge in [-0.3, -0.25) is 0 Å². The molecule has 0 bridgehead atoms. The standard InChI is InChI=1S/C19H25F3N2O3.ClH/c1-6-13(7-2)24-11-17(26-5)23-18(12(24)3)15-9-8-14(10-16(15)25-4)27-19(20,21)22;/h8-10,13H,6-7,11H2,1-5H3;1H. The van der Waals surface area contributed by atoms with Crippen molar-refractivity contribution in [2.45, 2.75) is 46.0 Å². The fourth-order valence-corrected chi connectivity index (χ4v) is 3.20. The van der Waals surface area contributed by atoms with E-state index in [0.717, 1.165) is 18.5 Å². The summed E-state index contributed by atoms with van der Waals surface area (Å²) in [5.41, 5.74) is 2.11. The van der Waals surface area contributed by atoms with Gasteiger partial charge in [0.1, 0.15) is 11.5 Å². The first-order valence-electron chi connectivity index (χ1n) is 8.77. The molecule has 28 heavy (non-hydrogen) atoms. The quantitative estimate of drug-likeness (QED) is 0.627. The summed E-state index contributed by atoms with van der Waals surface area (Å²) in [5, 5.41) is 0. The van der Waals surface area contributed by atoms with Gasteiger partial charge in [0.05, 0.1) is 26.5 Å². The average molecular weight is 423 g/mol. The molecule has 2 rings (SSSR count). The number of allylic oxidation sites excluding steroid dienone is 1. The molecule has 0 unspecified atom stereocenters. The van der Waals surface area contributed by atoms with Gasteiger partial charge in [0.15, 0.2) is 0 Å². The second-order valence-corrected chi connectivity index (χ2v) is 6.15. The van der Waals surface area contributed by atoms with Gasteiger partial charge >= 0.3 is 6.36 Å². The lowest BCUT2D eigenvalue weighted by molar-refractivity contribution is -0.274. The minimum Gasteiger partial charge on any atom is -0.496 e. The molecule has 0 radical (unpaired) electrons. The summed E-state index contributed by atoms with van der Waals surface area (Å²) in [7, 11) is 2.95. The van der Waals surface area contributed by atoms with E-state index in [1.165, 1.54) is 25.3 Å². The lowest BCUT2D eigenvalue weighted by Crippen LogP contribution is -2.40. The van der Waals surface area contributed by atoms with Crippen LogP contribution in [0.1, 0.15) is 39.2 Å². The number of halogens is 4. The largest absolute Gasteiger partial charge is 0.573 e. The van der Waals surface area contributed by atoms with E-state index in [-0.39, 0.29) is 23.9 Å². The maximum Gasteiger partial charge on any atom is 0.573 e. The highest BCUT2D eigenvalue weighted by atomic mass is 35.5. The SMILES string of the molecule is CCC(CC)N1CC(OC)=NC(c2ccc(OC(F)(F)F)cc2OC)=C1C.Cl. The summed E-state index contributed by atoms with van der Waals surface area (Å²) in [6.07, 6.45) is -2.86. The van der Waals surface area contributed by atoms with Crippen molar-refractivity contribution in [2.24, 2.45) is 4.99 Å². The first-order valence-corrected chi connectivity index (χ1v) is 8.77. The number of benzene rings is 1. The molecule has 1 aliphatic heterocycles. The molecule has 0 saturated heterocycles. The maximum absolute atomic E-state index is 12.5. The summed E-state index contributed by atoms with van der Waals surface area (Å²) in [5.74, 6) is 0.446. The highest BCUT2D eigenvalue weighted by Gasteiger charge is 2.32. The second kappa shape index (κ2) is 9.91. The van der Waals surface area contributed by atoms with Gasteiger partial charge in [-0.1, -0.05) is 13.8 Å². The van der Waals surface area contributed by atoms with Gasteiger partial charge in [-0.15, -0.1) is 25.6 Å². The van der Waals surface area contributed by atoms with Crippen molar-refractivity contribution in [3.8, 4) is 11.5 Å². The number of hydrogen-bond acceptors (Lipinski definition) is 5. The van der Waals surface area contributed by atoms with Gasteiger partial charge < -0.3 is 19.1 Å². The molecule has 0 N–H and O–H groups in total. The fraction of sp³-hybridized carbons (Fsp3) is 0.526. The molecule has 1 heterocycles. The number of alkyl halides is 3. The molecule has 0 atom stereocenters. The van der Waals surface area contributed by atoms with Gasteiger partial charge in [-0.05, 0) is 31.9 Å². The molecule has 1 aromatic rings. The Kier molecular flexibility index (Phi) is 8.48. The zero-order valence-corrected chi connectivity index (χ0v) is 17.4. The Bertz CT molecular complexity index is 732. The predicted octanol–water partition coefficient (Wildman–Crippen LogP) is 5.25. The third-order valence-corrected chi connectivity index (χ3v) is 4.60.